The standard InChI is InChI=1S/C26H36O8/c1-13(2)18-15(27)11-24(6)16(22(18,4)10-9-17(28)29)12-23(5)14(3)26(24,21(32)34-8)20(31)25(7,33)19(23)30/h15-16,18,27,33H,1,3,9-12H2,2,4-8H3,(H,28,29)/t15-,16-,18-,22-,23+,24-,25-,26-/m0/s1. The molecule has 8 atom stereocenters. The molecule has 0 unspecified atom stereocenters. The molecule has 0 heterocycles. The van der Waals surface area contributed by atoms with E-state index in [1.54, 1.807) is 20.8 Å². The Kier molecular flexibility index (Phi) is 5.87. The maximum Gasteiger partial charge on any atom is 0.324 e. The van der Waals surface area contributed by atoms with Gasteiger partial charge < -0.3 is 20.1 Å². The molecule has 3 aliphatic carbocycles. The van der Waals surface area contributed by atoms with Crippen molar-refractivity contribution in [2.75, 3.05) is 7.11 Å². The van der Waals surface area contributed by atoms with E-state index >= 15 is 0 Å². The molecule has 0 radical (unpaired) electrons. The first-order valence-corrected chi connectivity index (χ1v) is 11.6. The van der Waals surface area contributed by atoms with Gasteiger partial charge >= 0.3 is 11.9 Å². The van der Waals surface area contributed by atoms with Gasteiger partial charge in [0, 0.05) is 17.8 Å². The number of hydrogen-bond donors (Lipinski definition) is 3. The zero-order valence-electron chi connectivity index (χ0n) is 20.9. The van der Waals surface area contributed by atoms with Crippen molar-refractivity contribution in [3.63, 3.8) is 0 Å². The van der Waals surface area contributed by atoms with Gasteiger partial charge in [0.2, 0.25) is 0 Å². The van der Waals surface area contributed by atoms with Gasteiger partial charge in [0.15, 0.2) is 22.6 Å². The number of ether oxygens (including phenoxy) is 1. The number of aliphatic hydroxyl groups is 2. The summed E-state index contributed by atoms with van der Waals surface area (Å²) in [6, 6.07) is 0. The van der Waals surface area contributed by atoms with Crippen molar-refractivity contribution >= 4 is 23.5 Å². The third-order valence-corrected chi connectivity index (χ3v) is 9.51. The Balaban J connectivity index is 2.43. The molecule has 3 fully saturated rings. The largest absolute Gasteiger partial charge is 0.481 e. The van der Waals surface area contributed by atoms with Gasteiger partial charge in [-0.1, -0.05) is 32.6 Å². The van der Waals surface area contributed by atoms with Crippen LogP contribution in [0.2, 0.25) is 0 Å². The number of fused-ring (bicyclic) bond motifs is 4. The van der Waals surface area contributed by atoms with E-state index in [4.69, 9.17) is 4.74 Å². The highest BCUT2D eigenvalue weighted by atomic mass is 16.5. The molecule has 0 aromatic carbocycles. The monoisotopic (exact) mass is 476 g/mol. The fourth-order valence-corrected chi connectivity index (χ4v) is 8.07. The van der Waals surface area contributed by atoms with E-state index in [1.165, 1.54) is 0 Å². The zero-order valence-corrected chi connectivity index (χ0v) is 20.9. The highest BCUT2D eigenvalue weighted by Gasteiger charge is 2.81. The summed E-state index contributed by atoms with van der Waals surface area (Å²) >= 11 is 0. The number of hydrogen-bond acceptors (Lipinski definition) is 7. The maximum absolute atomic E-state index is 14.0. The Morgan fingerprint density at radius 3 is 2.15 bits per heavy atom. The van der Waals surface area contributed by atoms with Crippen LogP contribution in [0.25, 0.3) is 0 Å². The lowest BCUT2D eigenvalue weighted by Crippen LogP contribution is -2.77. The summed E-state index contributed by atoms with van der Waals surface area (Å²) in [4.78, 5) is 52.7. The maximum atomic E-state index is 14.0. The number of carbonyl (C=O) groups is 4. The quantitative estimate of drug-likeness (QED) is 0.312. The van der Waals surface area contributed by atoms with Crippen LogP contribution in [0.4, 0.5) is 0 Å². The zero-order chi connectivity index (χ0) is 26.2. The van der Waals surface area contributed by atoms with Crippen LogP contribution in [0.15, 0.2) is 24.3 Å². The molecule has 3 N–H and O–H groups in total. The molecule has 3 saturated carbocycles. The van der Waals surface area contributed by atoms with Gasteiger partial charge in [0.05, 0.1) is 18.6 Å². The van der Waals surface area contributed by atoms with Gasteiger partial charge in [0.1, 0.15) is 0 Å². The van der Waals surface area contributed by atoms with Crippen LogP contribution in [0.1, 0.15) is 60.3 Å². The van der Waals surface area contributed by atoms with E-state index in [-0.39, 0.29) is 31.3 Å². The molecule has 0 aromatic heterocycles. The number of carboxylic acid groups (broad SMARTS) is 1. The third-order valence-electron chi connectivity index (χ3n) is 9.51. The highest BCUT2D eigenvalue weighted by molar-refractivity contribution is 6.26. The van der Waals surface area contributed by atoms with E-state index < -0.39 is 68.7 Å². The van der Waals surface area contributed by atoms with E-state index in [2.05, 4.69) is 13.2 Å². The van der Waals surface area contributed by atoms with E-state index in [0.717, 1.165) is 14.0 Å². The minimum Gasteiger partial charge on any atom is -0.481 e. The Bertz CT molecular complexity index is 1000. The predicted octanol–water partition coefficient (Wildman–Crippen LogP) is 2.47. The Labute approximate surface area is 200 Å². The number of rotatable bonds is 5. The lowest BCUT2D eigenvalue weighted by Gasteiger charge is -2.70. The lowest BCUT2D eigenvalue weighted by molar-refractivity contribution is -0.222. The van der Waals surface area contributed by atoms with E-state index in [9.17, 15) is 34.5 Å². The van der Waals surface area contributed by atoms with Crippen LogP contribution in [0.3, 0.4) is 0 Å². The molecular weight excluding hydrogens is 440 g/mol. The van der Waals surface area contributed by atoms with Gasteiger partial charge in [-0.05, 0) is 56.9 Å². The van der Waals surface area contributed by atoms with Gasteiger partial charge in [-0.25, -0.2) is 0 Å². The third kappa shape index (κ3) is 2.84. The number of Topliss-reactive ketones (excluding diaryl/α,β-unsaturated/α-hetero) is 2. The smallest absolute Gasteiger partial charge is 0.324 e. The number of aliphatic carboxylic acids is 1. The van der Waals surface area contributed by atoms with Gasteiger partial charge in [-0.2, -0.15) is 0 Å². The molecule has 2 bridgehead atoms. The fraction of sp³-hybridized carbons (Fsp3) is 0.692. The van der Waals surface area contributed by atoms with Crippen molar-refractivity contribution in [3.05, 3.63) is 24.3 Å². The molecular formula is C26H36O8. The number of carboxylic acids is 1. The van der Waals surface area contributed by atoms with Crippen molar-refractivity contribution in [1.29, 1.82) is 0 Å². The van der Waals surface area contributed by atoms with Crippen LogP contribution >= 0.6 is 0 Å². The second kappa shape index (κ2) is 7.59. The lowest BCUT2D eigenvalue weighted by atomic mass is 9.31. The van der Waals surface area contributed by atoms with Crippen molar-refractivity contribution in [2.24, 2.45) is 33.5 Å². The average molecular weight is 477 g/mol. The summed E-state index contributed by atoms with van der Waals surface area (Å²) in [5, 5.41) is 32.0. The molecule has 0 aromatic rings. The highest BCUT2D eigenvalue weighted by Crippen LogP contribution is 2.75. The average Bonchev–Trinajstić information content (AvgIpc) is 2.72. The molecule has 3 aliphatic rings. The topological polar surface area (TPSA) is 138 Å². The van der Waals surface area contributed by atoms with Crippen molar-refractivity contribution in [1.82, 2.24) is 0 Å². The summed E-state index contributed by atoms with van der Waals surface area (Å²) in [6.07, 6.45) is -1.00. The minimum absolute atomic E-state index is 0.0158. The predicted molar refractivity (Wildman–Crippen MR) is 122 cm³/mol. The van der Waals surface area contributed by atoms with Crippen LogP contribution in [0, 0.1) is 33.5 Å². The molecule has 0 amide bonds. The van der Waals surface area contributed by atoms with Crippen molar-refractivity contribution < 1.29 is 39.2 Å². The summed E-state index contributed by atoms with van der Waals surface area (Å²) in [7, 11) is 1.13. The number of ketones is 2. The molecule has 8 nitrogen and oxygen atoms in total. The van der Waals surface area contributed by atoms with Crippen LogP contribution in [-0.4, -0.2) is 57.6 Å². The second-order valence-corrected chi connectivity index (χ2v) is 11.5. The molecule has 3 rings (SSSR count). The molecule has 8 heteroatoms. The van der Waals surface area contributed by atoms with E-state index in [1.807, 2.05) is 6.92 Å². The van der Waals surface area contributed by atoms with Gasteiger partial charge in [-0.3, -0.25) is 19.2 Å². The summed E-state index contributed by atoms with van der Waals surface area (Å²) < 4.78 is 5.13. The molecule has 0 spiro atoms. The summed E-state index contributed by atoms with van der Waals surface area (Å²) in [6.45, 7) is 16.1. The molecule has 0 saturated heterocycles. The van der Waals surface area contributed by atoms with Crippen molar-refractivity contribution in [2.45, 2.75) is 72.0 Å². The number of methoxy groups -OCH3 is 1. The first kappa shape index (κ1) is 26.3. The molecule has 34 heavy (non-hydrogen) atoms. The number of aliphatic hydroxyl groups excluding tert-OH is 1. The summed E-state index contributed by atoms with van der Waals surface area (Å²) in [5.41, 5.74) is -7.51. The number of esters is 1. The Hall–Kier alpha value is -2.32. The minimum atomic E-state index is -2.45. The van der Waals surface area contributed by atoms with Crippen LogP contribution in [0.5, 0.6) is 0 Å². The fourth-order valence-electron chi connectivity index (χ4n) is 8.07. The van der Waals surface area contributed by atoms with Gasteiger partial charge in [-0.15, -0.1) is 0 Å². The van der Waals surface area contributed by atoms with Crippen LogP contribution < -0.4 is 0 Å². The Morgan fingerprint density at radius 1 is 1.12 bits per heavy atom. The Morgan fingerprint density at radius 2 is 1.68 bits per heavy atom. The second-order valence-electron chi connectivity index (χ2n) is 11.5. The SMILES string of the molecule is C=C(C)[C@H]1[C@@H](O)C[C@@]2(C)[C@@H](C[C@]3(C)C(=C)[C@@]2(C(=O)OC)C(=O)[C@@](C)(O)C3=O)[C@]1(C)CCC(=O)O. The first-order valence-electron chi connectivity index (χ1n) is 11.6. The first-order chi connectivity index (χ1) is 15.4. The molecule has 188 valence electrons. The van der Waals surface area contributed by atoms with Gasteiger partial charge in [0.25, 0.3) is 0 Å². The summed E-state index contributed by atoms with van der Waals surface area (Å²) in [5.74, 6) is -4.80. The van der Waals surface area contributed by atoms with Crippen molar-refractivity contribution in [3.8, 4) is 0 Å². The molecule has 0 aliphatic heterocycles. The normalized spacial score (nSPS) is 46.0. The van der Waals surface area contributed by atoms with E-state index in [0.29, 0.717) is 5.57 Å². The van der Waals surface area contributed by atoms with Crippen LogP contribution in [-0.2, 0) is 23.9 Å². The number of carbonyl (C=O) groups excluding carboxylic acids is 3.